The van der Waals surface area contributed by atoms with Crippen LogP contribution in [0.3, 0.4) is 0 Å². The smallest absolute Gasteiger partial charge is 0.341 e. The summed E-state index contributed by atoms with van der Waals surface area (Å²) in [5.74, 6) is -1.21. The molecule has 0 amide bonds. The molecule has 0 radical (unpaired) electrons. The minimum Gasteiger partial charge on any atom is -0.479 e. The molecule has 0 saturated heterocycles. The van der Waals surface area contributed by atoms with Crippen molar-refractivity contribution in [3.8, 4) is 11.8 Å². The van der Waals surface area contributed by atoms with Gasteiger partial charge in [0.25, 0.3) is 5.95 Å². The number of aromatic nitrogens is 6. The fourth-order valence-corrected chi connectivity index (χ4v) is 3.90. The third-order valence-electron chi connectivity index (χ3n) is 5.45. The molecule has 0 N–H and O–H groups in total. The Bertz CT molecular complexity index is 1330. The molecule has 5 rings (SSSR count). The van der Waals surface area contributed by atoms with Gasteiger partial charge in [-0.1, -0.05) is 0 Å². The lowest BCUT2D eigenvalue weighted by molar-refractivity contribution is 0.0526. The highest BCUT2D eigenvalue weighted by atomic mass is 19.1. The molecule has 33 heavy (non-hydrogen) atoms. The van der Waals surface area contributed by atoms with Gasteiger partial charge in [0.1, 0.15) is 22.7 Å². The van der Waals surface area contributed by atoms with Crippen LogP contribution in [0.2, 0.25) is 0 Å². The molecule has 11 heteroatoms. The van der Waals surface area contributed by atoms with Crippen molar-refractivity contribution in [3.05, 3.63) is 59.6 Å². The summed E-state index contributed by atoms with van der Waals surface area (Å²) in [6, 6.07) is 3.10. The maximum atomic E-state index is 14.0. The Labute approximate surface area is 187 Å². The van der Waals surface area contributed by atoms with Gasteiger partial charge in [0, 0.05) is 12.3 Å². The van der Waals surface area contributed by atoms with Crippen LogP contribution in [0.4, 0.5) is 8.78 Å². The topological polar surface area (TPSA) is 97.0 Å². The highest BCUT2D eigenvalue weighted by molar-refractivity contribution is 5.88. The minimum atomic E-state index is -0.645. The number of halogens is 2. The summed E-state index contributed by atoms with van der Waals surface area (Å²) >= 11 is 0. The van der Waals surface area contributed by atoms with Crippen molar-refractivity contribution >= 4 is 17.0 Å². The number of carbonyl (C=O) groups is 1. The molecule has 1 atom stereocenters. The quantitative estimate of drug-likeness (QED) is 0.395. The molecule has 1 fully saturated rings. The monoisotopic (exact) mass is 454 g/mol. The minimum absolute atomic E-state index is 0.175. The zero-order valence-electron chi connectivity index (χ0n) is 17.9. The largest absolute Gasteiger partial charge is 0.479 e. The average Bonchev–Trinajstić information content (AvgIpc) is 3.32. The van der Waals surface area contributed by atoms with Crippen LogP contribution in [0.5, 0.6) is 5.88 Å². The zero-order valence-corrected chi connectivity index (χ0v) is 17.9. The molecule has 0 spiro atoms. The molecule has 1 aliphatic carbocycles. The molecule has 1 aliphatic rings. The third-order valence-corrected chi connectivity index (χ3v) is 5.45. The Balaban J connectivity index is 1.59. The van der Waals surface area contributed by atoms with Crippen molar-refractivity contribution in [1.29, 1.82) is 0 Å². The predicted molar refractivity (Wildman–Crippen MR) is 112 cm³/mol. The van der Waals surface area contributed by atoms with Crippen molar-refractivity contribution in [2.75, 3.05) is 13.7 Å². The number of nitrogens with zero attached hydrogens (tertiary/aromatic N) is 6. The average molecular weight is 454 g/mol. The summed E-state index contributed by atoms with van der Waals surface area (Å²) in [5, 5.41) is 8.62. The number of rotatable bonds is 7. The standard InChI is InChI=1S/C22H20F2N6O3/c1-3-33-21(31)14-9-25-29(11-14)22-27-17-10-26-30(19(17)20(28-22)32-2)18(12-4-5-12)13-6-15(23)8-16(24)7-13/h6-12,18H,3-5H2,1-2H3. The zero-order chi connectivity index (χ0) is 23.1. The molecule has 1 saturated carbocycles. The van der Waals surface area contributed by atoms with Crippen molar-refractivity contribution in [2.45, 2.75) is 25.8 Å². The van der Waals surface area contributed by atoms with Gasteiger partial charge in [0.05, 0.1) is 37.7 Å². The van der Waals surface area contributed by atoms with E-state index in [9.17, 15) is 13.6 Å². The summed E-state index contributed by atoms with van der Waals surface area (Å²) in [7, 11) is 1.46. The third kappa shape index (κ3) is 3.90. The summed E-state index contributed by atoms with van der Waals surface area (Å²) in [4.78, 5) is 20.9. The van der Waals surface area contributed by atoms with Crippen LogP contribution in [0.25, 0.3) is 17.0 Å². The van der Waals surface area contributed by atoms with E-state index in [0.717, 1.165) is 18.9 Å². The molecule has 0 bridgehead atoms. The van der Waals surface area contributed by atoms with E-state index in [1.807, 2.05) is 0 Å². The van der Waals surface area contributed by atoms with Gasteiger partial charge in [-0.3, -0.25) is 0 Å². The van der Waals surface area contributed by atoms with Gasteiger partial charge >= 0.3 is 5.97 Å². The number of hydrogen-bond donors (Lipinski definition) is 0. The lowest BCUT2D eigenvalue weighted by atomic mass is 10.0. The number of fused-ring (bicyclic) bond motifs is 1. The van der Waals surface area contributed by atoms with E-state index in [0.29, 0.717) is 16.6 Å². The molecule has 3 heterocycles. The Morgan fingerprint density at radius 2 is 1.91 bits per heavy atom. The second-order valence-corrected chi connectivity index (χ2v) is 7.73. The molecular weight excluding hydrogens is 434 g/mol. The first-order chi connectivity index (χ1) is 16.0. The van der Waals surface area contributed by atoms with Crippen molar-refractivity contribution in [2.24, 2.45) is 5.92 Å². The highest BCUT2D eigenvalue weighted by Gasteiger charge is 2.36. The normalized spacial score (nSPS) is 14.4. The lowest BCUT2D eigenvalue weighted by Crippen LogP contribution is -2.16. The van der Waals surface area contributed by atoms with E-state index in [2.05, 4.69) is 20.2 Å². The van der Waals surface area contributed by atoms with E-state index in [-0.39, 0.29) is 29.9 Å². The van der Waals surface area contributed by atoms with Crippen molar-refractivity contribution in [1.82, 2.24) is 29.5 Å². The first kappa shape index (κ1) is 21.0. The molecular formula is C22H20F2N6O3. The molecule has 3 aromatic heterocycles. The number of benzene rings is 1. The predicted octanol–water partition coefficient (Wildman–Crippen LogP) is 3.47. The number of ether oxygens (including phenoxy) is 2. The molecule has 9 nitrogen and oxygen atoms in total. The SMILES string of the molecule is CCOC(=O)c1cnn(-c2nc(OC)c3c(cnn3C(c3cc(F)cc(F)c3)C3CC3)n2)c1. The van der Waals surface area contributed by atoms with Crippen molar-refractivity contribution in [3.63, 3.8) is 0 Å². The summed E-state index contributed by atoms with van der Waals surface area (Å²) in [6.07, 6.45) is 6.20. The molecule has 0 aliphatic heterocycles. The molecule has 170 valence electrons. The second kappa shape index (κ2) is 8.23. The Morgan fingerprint density at radius 3 is 2.58 bits per heavy atom. The Hall–Kier alpha value is -3.89. The summed E-state index contributed by atoms with van der Waals surface area (Å²) in [6.45, 7) is 1.96. The number of hydrogen-bond acceptors (Lipinski definition) is 7. The summed E-state index contributed by atoms with van der Waals surface area (Å²) in [5.41, 5.74) is 1.71. The van der Waals surface area contributed by atoms with Crippen LogP contribution in [-0.4, -0.2) is 49.2 Å². The maximum Gasteiger partial charge on any atom is 0.341 e. The van der Waals surface area contributed by atoms with Gasteiger partial charge in [-0.15, -0.1) is 0 Å². The van der Waals surface area contributed by atoms with Crippen LogP contribution in [0.15, 0.2) is 36.8 Å². The van der Waals surface area contributed by atoms with Crippen LogP contribution in [-0.2, 0) is 4.74 Å². The Kier molecular flexibility index (Phi) is 5.23. The van der Waals surface area contributed by atoms with E-state index in [1.54, 1.807) is 17.8 Å². The lowest BCUT2D eigenvalue weighted by Gasteiger charge is -2.19. The molecule has 1 unspecified atom stereocenters. The van der Waals surface area contributed by atoms with Gasteiger partial charge in [0.15, 0.2) is 0 Å². The maximum absolute atomic E-state index is 14.0. The molecule has 1 aromatic carbocycles. The highest BCUT2D eigenvalue weighted by Crippen LogP contribution is 2.45. The van der Waals surface area contributed by atoms with Crippen LogP contribution in [0.1, 0.15) is 41.7 Å². The Morgan fingerprint density at radius 1 is 1.15 bits per heavy atom. The van der Waals surface area contributed by atoms with E-state index in [4.69, 9.17) is 9.47 Å². The first-order valence-corrected chi connectivity index (χ1v) is 10.5. The first-order valence-electron chi connectivity index (χ1n) is 10.5. The number of esters is 1. The van der Waals surface area contributed by atoms with Gasteiger partial charge in [-0.25, -0.2) is 27.9 Å². The van der Waals surface area contributed by atoms with Crippen LogP contribution < -0.4 is 4.74 Å². The van der Waals surface area contributed by atoms with Gasteiger partial charge < -0.3 is 9.47 Å². The van der Waals surface area contributed by atoms with Crippen LogP contribution in [0, 0.1) is 17.6 Å². The van der Waals surface area contributed by atoms with E-state index in [1.165, 1.54) is 36.3 Å². The fraction of sp³-hybridized carbons (Fsp3) is 0.318. The molecule has 4 aromatic rings. The number of methoxy groups -OCH3 is 1. The summed E-state index contributed by atoms with van der Waals surface area (Å²) < 4.78 is 41.4. The van der Waals surface area contributed by atoms with Gasteiger partial charge in [-0.2, -0.15) is 15.2 Å². The van der Waals surface area contributed by atoms with E-state index < -0.39 is 23.6 Å². The number of carbonyl (C=O) groups excluding carboxylic acids is 1. The van der Waals surface area contributed by atoms with Crippen LogP contribution >= 0.6 is 0 Å². The van der Waals surface area contributed by atoms with E-state index >= 15 is 0 Å². The van der Waals surface area contributed by atoms with Gasteiger partial charge in [0.2, 0.25) is 5.88 Å². The van der Waals surface area contributed by atoms with Crippen molar-refractivity contribution < 1.29 is 23.0 Å². The second-order valence-electron chi connectivity index (χ2n) is 7.73. The fourth-order valence-electron chi connectivity index (χ4n) is 3.90. The van der Waals surface area contributed by atoms with Gasteiger partial charge in [-0.05, 0) is 43.4 Å².